The van der Waals surface area contributed by atoms with Gasteiger partial charge >= 0.3 is 0 Å². The van der Waals surface area contributed by atoms with Crippen LogP contribution in [0.4, 0.5) is 0 Å². The molecule has 1 atom stereocenters. The molecule has 0 spiro atoms. The molecule has 1 N–H and O–H groups in total. The Morgan fingerprint density at radius 3 is 3.18 bits per heavy atom. The van der Waals surface area contributed by atoms with Crippen LogP contribution in [-0.2, 0) is 9.47 Å². The van der Waals surface area contributed by atoms with Crippen molar-refractivity contribution in [3.05, 3.63) is 0 Å². The number of unbranched alkanes of at least 4 members (excludes halogenated alkanes) is 1. The monoisotopic (exact) mass is 159 g/mol. The lowest BCUT2D eigenvalue weighted by atomic mass is 10.2. The fourth-order valence-electron chi connectivity index (χ4n) is 1.11. The zero-order valence-electron chi connectivity index (χ0n) is 7.14. The fraction of sp³-hybridized carbons (Fsp3) is 1.00. The van der Waals surface area contributed by atoms with Crippen LogP contribution in [0.15, 0.2) is 0 Å². The molecule has 0 aromatic heterocycles. The SMILES string of the molecule is CCCCC1NCOCCO1. The molecule has 3 nitrogen and oxygen atoms in total. The third-order valence-electron chi connectivity index (χ3n) is 1.78. The van der Waals surface area contributed by atoms with E-state index in [0.717, 1.165) is 19.6 Å². The van der Waals surface area contributed by atoms with Gasteiger partial charge in [0, 0.05) is 0 Å². The molecule has 0 saturated carbocycles. The minimum atomic E-state index is 0.220. The summed E-state index contributed by atoms with van der Waals surface area (Å²) in [5.74, 6) is 0. The van der Waals surface area contributed by atoms with Crippen molar-refractivity contribution in [1.29, 1.82) is 0 Å². The number of nitrogens with one attached hydrogen (secondary N) is 1. The second kappa shape index (κ2) is 5.52. The van der Waals surface area contributed by atoms with E-state index in [1.165, 1.54) is 12.8 Å². The first-order valence-electron chi connectivity index (χ1n) is 4.36. The van der Waals surface area contributed by atoms with Gasteiger partial charge in [-0.1, -0.05) is 13.3 Å². The van der Waals surface area contributed by atoms with Crippen molar-refractivity contribution < 1.29 is 9.47 Å². The zero-order chi connectivity index (χ0) is 7.94. The van der Waals surface area contributed by atoms with E-state index >= 15 is 0 Å². The van der Waals surface area contributed by atoms with E-state index in [2.05, 4.69) is 12.2 Å². The van der Waals surface area contributed by atoms with Gasteiger partial charge in [-0.25, -0.2) is 0 Å². The molecule has 1 fully saturated rings. The van der Waals surface area contributed by atoms with Crippen LogP contribution in [0.3, 0.4) is 0 Å². The molecule has 1 heterocycles. The van der Waals surface area contributed by atoms with Gasteiger partial charge < -0.3 is 9.47 Å². The molecule has 1 unspecified atom stereocenters. The summed E-state index contributed by atoms with van der Waals surface area (Å²) in [5.41, 5.74) is 0. The lowest BCUT2D eigenvalue weighted by Gasteiger charge is -2.14. The summed E-state index contributed by atoms with van der Waals surface area (Å²) in [6, 6.07) is 0. The van der Waals surface area contributed by atoms with E-state index in [0.29, 0.717) is 6.73 Å². The molecule has 1 saturated heterocycles. The summed E-state index contributed by atoms with van der Waals surface area (Å²) < 4.78 is 10.6. The Hall–Kier alpha value is -0.120. The second-order valence-corrected chi connectivity index (χ2v) is 2.76. The Morgan fingerprint density at radius 2 is 2.36 bits per heavy atom. The zero-order valence-corrected chi connectivity index (χ0v) is 7.14. The standard InChI is InChI=1S/C8H17NO2/c1-2-3-4-8-9-7-10-5-6-11-8/h8-9H,2-7H2,1H3. The van der Waals surface area contributed by atoms with Crippen molar-refractivity contribution in [2.24, 2.45) is 0 Å². The minimum Gasteiger partial charge on any atom is -0.364 e. The molecule has 3 heteroatoms. The fourth-order valence-corrected chi connectivity index (χ4v) is 1.11. The largest absolute Gasteiger partial charge is 0.364 e. The van der Waals surface area contributed by atoms with Crippen molar-refractivity contribution in [2.45, 2.75) is 32.4 Å². The molecule has 0 bridgehead atoms. The minimum absolute atomic E-state index is 0.220. The Morgan fingerprint density at radius 1 is 1.45 bits per heavy atom. The lowest BCUT2D eigenvalue weighted by molar-refractivity contribution is 0.0373. The predicted octanol–water partition coefficient (Wildman–Crippen LogP) is 1.10. The number of hydrogen-bond acceptors (Lipinski definition) is 3. The number of rotatable bonds is 3. The molecule has 66 valence electrons. The molecule has 0 aromatic carbocycles. The molecule has 11 heavy (non-hydrogen) atoms. The maximum Gasteiger partial charge on any atom is 0.109 e. The van der Waals surface area contributed by atoms with Gasteiger partial charge in [-0.15, -0.1) is 0 Å². The van der Waals surface area contributed by atoms with Crippen molar-refractivity contribution in [2.75, 3.05) is 19.9 Å². The molecule has 0 aliphatic carbocycles. The highest BCUT2D eigenvalue weighted by Crippen LogP contribution is 2.03. The average Bonchev–Trinajstić information content (AvgIpc) is 2.28. The Balaban J connectivity index is 2.09. The molecule has 0 aromatic rings. The topological polar surface area (TPSA) is 30.5 Å². The van der Waals surface area contributed by atoms with Crippen molar-refractivity contribution in [1.82, 2.24) is 5.32 Å². The highest BCUT2D eigenvalue weighted by Gasteiger charge is 2.09. The van der Waals surface area contributed by atoms with Gasteiger partial charge in [-0.3, -0.25) is 5.32 Å². The van der Waals surface area contributed by atoms with Crippen LogP contribution in [-0.4, -0.2) is 26.2 Å². The lowest BCUT2D eigenvalue weighted by Crippen LogP contribution is -2.30. The summed E-state index contributed by atoms with van der Waals surface area (Å²) in [4.78, 5) is 0. The quantitative estimate of drug-likeness (QED) is 0.668. The maximum absolute atomic E-state index is 5.47. The highest BCUT2D eigenvalue weighted by molar-refractivity contribution is 4.55. The van der Waals surface area contributed by atoms with Gasteiger partial charge in [0.25, 0.3) is 0 Å². The molecular weight excluding hydrogens is 142 g/mol. The summed E-state index contributed by atoms with van der Waals surface area (Å²) in [7, 11) is 0. The summed E-state index contributed by atoms with van der Waals surface area (Å²) in [6.45, 7) is 4.26. The van der Waals surface area contributed by atoms with E-state index in [1.54, 1.807) is 0 Å². The molecule has 1 rings (SSSR count). The molecule has 0 amide bonds. The smallest absolute Gasteiger partial charge is 0.109 e. The summed E-state index contributed by atoms with van der Waals surface area (Å²) in [5, 5.41) is 3.17. The molecular formula is C8H17NO2. The van der Waals surface area contributed by atoms with Crippen LogP contribution in [0.2, 0.25) is 0 Å². The van der Waals surface area contributed by atoms with Crippen LogP contribution in [0.5, 0.6) is 0 Å². The van der Waals surface area contributed by atoms with Gasteiger partial charge in [0.05, 0.1) is 19.9 Å². The second-order valence-electron chi connectivity index (χ2n) is 2.76. The van der Waals surface area contributed by atoms with Crippen molar-refractivity contribution >= 4 is 0 Å². The van der Waals surface area contributed by atoms with Gasteiger partial charge in [0.1, 0.15) is 6.23 Å². The van der Waals surface area contributed by atoms with Crippen molar-refractivity contribution in [3.8, 4) is 0 Å². The van der Waals surface area contributed by atoms with E-state index in [4.69, 9.17) is 9.47 Å². The van der Waals surface area contributed by atoms with Crippen LogP contribution >= 0.6 is 0 Å². The number of hydrogen-bond donors (Lipinski definition) is 1. The van der Waals surface area contributed by atoms with Crippen LogP contribution in [0, 0.1) is 0 Å². The maximum atomic E-state index is 5.47. The normalized spacial score (nSPS) is 26.5. The van der Waals surface area contributed by atoms with E-state index in [1.807, 2.05) is 0 Å². The third-order valence-corrected chi connectivity index (χ3v) is 1.78. The first-order chi connectivity index (χ1) is 5.43. The van der Waals surface area contributed by atoms with Gasteiger partial charge in [0.15, 0.2) is 0 Å². The summed E-state index contributed by atoms with van der Waals surface area (Å²) >= 11 is 0. The average molecular weight is 159 g/mol. The van der Waals surface area contributed by atoms with Gasteiger partial charge in [0.2, 0.25) is 0 Å². The molecule has 0 radical (unpaired) electrons. The number of ether oxygens (including phenoxy) is 2. The van der Waals surface area contributed by atoms with Gasteiger partial charge in [-0.05, 0) is 12.8 Å². The third kappa shape index (κ3) is 3.70. The van der Waals surface area contributed by atoms with Crippen molar-refractivity contribution in [3.63, 3.8) is 0 Å². The first-order valence-corrected chi connectivity index (χ1v) is 4.36. The van der Waals surface area contributed by atoms with E-state index in [-0.39, 0.29) is 6.23 Å². The predicted molar refractivity (Wildman–Crippen MR) is 43.2 cm³/mol. The van der Waals surface area contributed by atoms with Gasteiger partial charge in [-0.2, -0.15) is 0 Å². The molecule has 1 aliphatic rings. The molecule has 1 aliphatic heterocycles. The Bertz CT molecular complexity index is 90.1. The van der Waals surface area contributed by atoms with Crippen LogP contribution in [0.25, 0.3) is 0 Å². The first kappa shape index (κ1) is 8.97. The summed E-state index contributed by atoms with van der Waals surface area (Å²) in [6.07, 6.45) is 3.76. The Labute approximate surface area is 68.1 Å². The highest BCUT2D eigenvalue weighted by atomic mass is 16.6. The Kier molecular flexibility index (Phi) is 4.50. The van der Waals surface area contributed by atoms with Crippen LogP contribution in [0.1, 0.15) is 26.2 Å². The van der Waals surface area contributed by atoms with E-state index in [9.17, 15) is 0 Å². The van der Waals surface area contributed by atoms with E-state index < -0.39 is 0 Å². The van der Waals surface area contributed by atoms with Crippen LogP contribution < -0.4 is 5.32 Å².